The van der Waals surface area contributed by atoms with Gasteiger partial charge in [0.15, 0.2) is 0 Å². The van der Waals surface area contributed by atoms with Gasteiger partial charge in [0, 0.05) is 50.4 Å². The van der Waals surface area contributed by atoms with Crippen LogP contribution in [0.25, 0.3) is 0 Å². The molecule has 138 valence electrons. The molecule has 0 saturated carbocycles. The molecule has 5 rings (SSSR count). The fourth-order valence-corrected chi connectivity index (χ4v) is 4.49. The average molecular weight is 351 g/mol. The Balaban J connectivity index is 1.53. The van der Waals surface area contributed by atoms with Crippen molar-refractivity contribution in [3.8, 4) is 0 Å². The van der Waals surface area contributed by atoms with Crippen LogP contribution in [0.15, 0.2) is 36.4 Å². The lowest BCUT2D eigenvalue weighted by molar-refractivity contribution is 0.126. The van der Waals surface area contributed by atoms with Gasteiger partial charge in [-0.15, -0.1) is 0 Å². The normalized spacial score (nSPS) is 23.2. The fraction of sp³-hybridized carbons (Fsp3) is 0.545. The van der Waals surface area contributed by atoms with Gasteiger partial charge < -0.3 is 4.90 Å². The summed E-state index contributed by atoms with van der Waals surface area (Å²) in [5.41, 5.74) is 2.52. The van der Waals surface area contributed by atoms with Crippen molar-refractivity contribution in [2.45, 2.75) is 52.1 Å². The second-order valence-electron chi connectivity index (χ2n) is 7.95. The molecule has 0 aliphatic carbocycles. The number of hydrogen-bond donors (Lipinski definition) is 0. The van der Waals surface area contributed by atoms with E-state index in [2.05, 4.69) is 65.0 Å². The largest absolute Gasteiger partial charge is 0.355 e. The zero-order valence-electron chi connectivity index (χ0n) is 16.1. The molecule has 2 bridgehead atoms. The van der Waals surface area contributed by atoms with Crippen molar-refractivity contribution < 1.29 is 0 Å². The van der Waals surface area contributed by atoms with Crippen molar-refractivity contribution >= 4 is 5.82 Å². The molecule has 26 heavy (non-hydrogen) atoms. The lowest BCUT2D eigenvalue weighted by Crippen LogP contribution is -2.43. The highest BCUT2D eigenvalue weighted by Crippen LogP contribution is 2.31. The molecule has 1 aromatic carbocycles. The average Bonchev–Trinajstić information content (AvgIpc) is 2.94. The number of hydrogen-bond acceptors (Lipinski definition) is 4. The first-order chi connectivity index (χ1) is 12.7. The van der Waals surface area contributed by atoms with Crippen molar-refractivity contribution in [1.29, 1.82) is 0 Å². The van der Waals surface area contributed by atoms with Crippen LogP contribution in [0.2, 0.25) is 0 Å². The Morgan fingerprint density at radius 2 is 1.88 bits per heavy atom. The number of piperidine rings is 1. The van der Waals surface area contributed by atoms with Crippen LogP contribution in [-0.4, -0.2) is 40.5 Å². The van der Waals surface area contributed by atoms with Gasteiger partial charge in [-0.3, -0.25) is 4.90 Å². The van der Waals surface area contributed by atoms with E-state index < -0.39 is 0 Å². The zero-order valence-corrected chi connectivity index (χ0v) is 16.1. The number of fused-ring (bicyclic) bond motifs is 4. The van der Waals surface area contributed by atoms with Crippen LogP contribution < -0.4 is 4.90 Å². The van der Waals surface area contributed by atoms with E-state index >= 15 is 0 Å². The molecule has 1 aromatic heterocycles. The number of nitrogens with zero attached hydrogens (tertiary/aromatic N) is 4. The van der Waals surface area contributed by atoms with Crippen LogP contribution in [0, 0.1) is 12.8 Å². The highest BCUT2D eigenvalue weighted by molar-refractivity contribution is 5.41. The van der Waals surface area contributed by atoms with E-state index in [-0.39, 0.29) is 0 Å². The summed E-state index contributed by atoms with van der Waals surface area (Å²) < 4.78 is 0. The molecule has 2 unspecified atom stereocenters. The first-order valence-electron chi connectivity index (χ1n) is 10.1. The molecule has 4 nitrogen and oxygen atoms in total. The molecule has 4 heterocycles. The van der Waals surface area contributed by atoms with Crippen molar-refractivity contribution in [3.63, 3.8) is 0 Å². The van der Waals surface area contributed by atoms with Gasteiger partial charge in [0.1, 0.15) is 11.6 Å². The molecule has 3 fully saturated rings. The standard InChI is InChI=1S/C22H30N4/c1-3-7-21-23-17(2)12-22(24-21)26-15-19-10-11-20(16-26)25(14-19)13-18-8-5-4-6-9-18/h4-6,8-9,12,19-20H,3,7,10-11,13-16H2,1-2H3. The molecule has 2 atom stereocenters. The van der Waals surface area contributed by atoms with Gasteiger partial charge >= 0.3 is 0 Å². The second-order valence-corrected chi connectivity index (χ2v) is 7.95. The minimum Gasteiger partial charge on any atom is -0.355 e. The third-order valence-corrected chi connectivity index (χ3v) is 5.74. The smallest absolute Gasteiger partial charge is 0.132 e. The predicted octanol–water partition coefficient (Wildman–Crippen LogP) is 3.84. The molecule has 0 N–H and O–H groups in total. The molecule has 0 amide bonds. The van der Waals surface area contributed by atoms with Crippen LogP contribution in [0.5, 0.6) is 0 Å². The van der Waals surface area contributed by atoms with Crippen LogP contribution in [0.4, 0.5) is 5.82 Å². The van der Waals surface area contributed by atoms with Crippen LogP contribution in [0.1, 0.15) is 43.3 Å². The molecule has 3 saturated heterocycles. The summed E-state index contributed by atoms with van der Waals surface area (Å²) in [5.74, 6) is 2.88. The number of anilines is 1. The monoisotopic (exact) mass is 350 g/mol. The van der Waals surface area contributed by atoms with Crippen molar-refractivity contribution in [2.24, 2.45) is 5.92 Å². The quantitative estimate of drug-likeness (QED) is 0.820. The summed E-state index contributed by atoms with van der Waals surface area (Å²) in [6, 6.07) is 13.7. The third kappa shape index (κ3) is 3.90. The highest BCUT2D eigenvalue weighted by Gasteiger charge is 2.35. The van der Waals surface area contributed by atoms with Gasteiger partial charge in [-0.25, -0.2) is 9.97 Å². The van der Waals surface area contributed by atoms with Gasteiger partial charge in [-0.1, -0.05) is 37.3 Å². The summed E-state index contributed by atoms with van der Waals surface area (Å²) in [7, 11) is 0. The molecular formula is C22H30N4. The number of aromatic nitrogens is 2. The Labute approximate surface area is 157 Å². The van der Waals surface area contributed by atoms with Gasteiger partial charge in [-0.2, -0.15) is 0 Å². The van der Waals surface area contributed by atoms with E-state index in [9.17, 15) is 0 Å². The summed E-state index contributed by atoms with van der Waals surface area (Å²) in [6.07, 6.45) is 4.72. The van der Waals surface area contributed by atoms with Gasteiger partial charge in [0.25, 0.3) is 0 Å². The van der Waals surface area contributed by atoms with E-state index in [1.54, 1.807) is 0 Å². The maximum Gasteiger partial charge on any atom is 0.132 e. The maximum atomic E-state index is 4.89. The molecular weight excluding hydrogens is 320 g/mol. The number of benzene rings is 1. The molecule has 3 aliphatic rings. The third-order valence-electron chi connectivity index (χ3n) is 5.74. The summed E-state index contributed by atoms with van der Waals surface area (Å²) >= 11 is 0. The van der Waals surface area contributed by atoms with E-state index in [4.69, 9.17) is 4.98 Å². The fourth-order valence-electron chi connectivity index (χ4n) is 4.49. The van der Waals surface area contributed by atoms with Crippen molar-refractivity contribution in [1.82, 2.24) is 14.9 Å². The minimum absolute atomic E-state index is 0.624. The van der Waals surface area contributed by atoms with Crippen molar-refractivity contribution in [2.75, 3.05) is 24.5 Å². The SMILES string of the molecule is CCCc1nc(C)cc(N2CC3CCC(C2)N(Cc2ccccc2)C3)n1. The van der Waals surface area contributed by atoms with E-state index in [0.717, 1.165) is 55.7 Å². The Hall–Kier alpha value is -1.94. The van der Waals surface area contributed by atoms with Gasteiger partial charge in [0.05, 0.1) is 0 Å². The first-order valence-corrected chi connectivity index (χ1v) is 10.1. The first kappa shape index (κ1) is 17.5. The molecule has 0 radical (unpaired) electrons. The molecule has 0 spiro atoms. The van der Waals surface area contributed by atoms with E-state index in [1.807, 2.05) is 0 Å². The Morgan fingerprint density at radius 1 is 1.04 bits per heavy atom. The molecule has 4 heteroatoms. The predicted molar refractivity (Wildman–Crippen MR) is 106 cm³/mol. The minimum atomic E-state index is 0.624. The number of aryl methyl sites for hydroxylation is 2. The summed E-state index contributed by atoms with van der Waals surface area (Å²) in [6.45, 7) is 8.79. The van der Waals surface area contributed by atoms with E-state index in [0.29, 0.717) is 6.04 Å². The molecule has 3 aliphatic heterocycles. The zero-order chi connectivity index (χ0) is 17.9. The number of rotatable bonds is 5. The highest BCUT2D eigenvalue weighted by atomic mass is 15.3. The Morgan fingerprint density at radius 3 is 2.69 bits per heavy atom. The molecule has 2 aromatic rings. The maximum absolute atomic E-state index is 4.89. The van der Waals surface area contributed by atoms with Crippen LogP contribution >= 0.6 is 0 Å². The summed E-state index contributed by atoms with van der Waals surface area (Å²) in [5, 5.41) is 0. The van der Waals surface area contributed by atoms with Crippen molar-refractivity contribution in [3.05, 3.63) is 53.5 Å². The Kier molecular flexibility index (Phi) is 5.21. The lowest BCUT2D eigenvalue weighted by Gasteiger charge is -2.36. The van der Waals surface area contributed by atoms with Gasteiger partial charge in [-0.05, 0) is 37.7 Å². The van der Waals surface area contributed by atoms with Gasteiger partial charge in [0.2, 0.25) is 0 Å². The van der Waals surface area contributed by atoms with E-state index in [1.165, 1.54) is 24.9 Å². The lowest BCUT2D eigenvalue weighted by atomic mass is 9.94. The van der Waals surface area contributed by atoms with Crippen LogP contribution in [0.3, 0.4) is 0 Å². The Bertz CT molecular complexity index is 730. The second kappa shape index (κ2) is 7.75. The summed E-state index contributed by atoms with van der Waals surface area (Å²) in [4.78, 5) is 14.7. The van der Waals surface area contributed by atoms with Crippen LogP contribution in [-0.2, 0) is 13.0 Å². The topological polar surface area (TPSA) is 32.3 Å².